The van der Waals surface area contributed by atoms with Gasteiger partial charge in [0, 0.05) is 5.56 Å². The van der Waals surface area contributed by atoms with Crippen molar-refractivity contribution in [1.29, 1.82) is 0 Å². The van der Waals surface area contributed by atoms with Gasteiger partial charge in [0.2, 0.25) is 5.91 Å². The maximum absolute atomic E-state index is 12.5. The Kier molecular flexibility index (Phi) is 6.63. The summed E-state index contributed by atoms with van der Waals surface area (Å²) in [5.41, 5.74) is 1.97. The van der Waals surface area contributed by atoms with E-state index in [-0.39, 0.29) is 21.5 Å². The highest BCUT2D eigenvalue weighted by Gasteiger charge is 2.24. The third kappa shape index (κ3) is 5.11. The first-order valence-electron chi connectivity index (χ1n) is 9.13. The van der Waals surface area contributed by atoms with Gasteiger partial charge in [-0.3, -0.25) is 4.79 Å². The first-order valence-corrected chi connectivity index (χ1v) is 11.6. The van der Waals surface area contributed by atoms with Crippen LogP contribution in [0.4, 0.5) is 5.13 Å². The zero-order chi connectivity index (χ0) is 21.7. The summed E-state index contributed by atoms with van der Waals surface area (Å²) in [6.07, 6.45) is 0. The van der Waals surface area contributed by atoms with Crippen LogP contribution in [0.25, 0.3) is 11.3 Å². The van der Waals surface area contributed by atoms with Crippen LogP contribution in [0.1, 0.15) is 22.2 Å². The van der Waals surface area contributed by atoms with Crippen LogP contribution in [0.2, 0.25) is 0 Å². The molecule has 3 rings (SSSR count). The Morgan fingerprint density at radius 3 is 2.37 bits per heavy atom. The van der Waals surface area contributed by atoms with E-state index in [1.165, 1.54) is 12.1 Å². The van der Waals surface area contributed by atoms with Gasteiger partial charge in [-0.1, -0.05) is 59.4 Å². The first-order chi connectivity index (χ1) is 14.3. The van der Waals surface area contributed by atoms with Crippen molar-refractivity contribution in [3.05, 3.63) is 65.0 Å². The number of hydrogen-bond acceptors (Lipinski definition) is 7. The number of nitrogens with zero attached hydrogens (tertiary/aromatic N) is 1. The molecular formula is C21H20N2O5S2. The van der Waals surface area contributed by atoms with Crippen molar-refractivity contribution in [2.45, 2.75) is 18.7 Å². The number of nitrogens with one attached hydrogen (secondary N) is 1. The Bertz CT molecular complexity index is 1150. The zero-order valence-electron chi connectivity index (χ0n) is 16.4. The number of aromatic nitrogens is 1. The third-order valence-electron chi connectivity index (χ3n) is 4.08. The van der Waals surface area contributed by atoms with Crippen molar-refractivity contribution in [3.63, 3.8) is 0 Å². The molecule has 0 spiro atoms. The summed E-state index contributed by atoms with van der Waals surface area (Å²) in [6, 6.07) is 15.3. The molecule has 156 valence electrons. The fraction of sp³-hybridized carbons (Fsp3) is 0.190. The molecule has 7 nitrogen and oxygen atoms in total. The molecule has 9 heteroatoms. The zero-order valence-corrected chi connectivity index (χ0v) is 18.0. The van der Waals surface area contributed by atoms with E-state index in [0.717, 1.165) is 16.9 Å². The monoisotopic (exact) mass is 444 g/mol. The molecule has 2 aromatic carbocycles. The normalized spacial score (nSPS) is 11.1. The molecule has 1 N–H and O–H groups in total. The molecule has 1 aromatic heterocycles. The van der Waals surface area contributed by atoms with Gasteiger partial charge >= 0.3 is 5.97 Å². The largest absolute Gasteiger partial charge is 0.462 e. The molecule has 0 fully saturated rings. The van der Waals surface area contributed by atoms with Crippen LogP contribution in [0.15, 0.2) is 59.5 Å². The summed E-state index contributed by atoms with van der Waals surface area (Å²) in [5, 5.41) is 2.61. The predicted octanol–water partition coefficient (Wildman–Crippen LogP) is 3.71. The summed E-state index contributed by atoms with van der Waals surface area (Å²) in [6.45, 7) is 3.73. The van der Waals surface area contributed by atoms with Crippen molar-refractivity contribution in [3.8, 4) is 11.3 Å². The molecule has 0 aliphatic rings. The maximum atomic E-state index is 12.5. The standard InChI is InChI=1S/C21H20N2O5S2/c1-3-28-20(25)19-18(15-7-5-4-6-8-15)23-21(29-19)22-17(24)13-30(26,27)16-11-9-14(2)10-12-16/h4-12H,3,13H2,1-2H3,(H,22,23,24). The van der Waals surface area contributed by atoms with Gasteiger partial charge in [0.25, 0.3) is 0 Å². The van der Waals surface area contributed by atoms with Crippen LogP contribution < -0.4 is 5.32 Å². The number of carbonyl (C=O) groups is 2. The van der Waals surface area contributed by atoms with Crippen LogP contribution in [0, 0.1) is 6.92 Å². The third-order valence-corrected chi connectivity index (χ3v) is 6.67. The quantitative estimate of drug-likeness (QED) is 0.558. The van der Waals surface area contributed by atoms with E-state index in [4.69, 9.17) is 4.74 Å². The number of anilines is 1. The Labute approximate surface area is 178 Å². The van der Waals surface area contributed by atoms with E-state index >= 15 is 0 Å². The number of amides is 1. The summed E-state index contributed by atoms with van der Waals surface area (Å²) < 4.78 is 30.0. The molecule has 0 saturated carbocycles. The van der Waals surface area contributed by atoms with Gasteiger partial charge in [0.1, 0.15) is 10.6 Å². The second-order valence-electron chi connectivity index (χ2n) is 6.40. The van der Waals surface area contributed by atoms with Crippen molar-refractivity contribution in [2.24, 2.45) is 0 Å². The summed E-state index contributed by atoms with van der Waals surface area (Å²) in [4.78, 5) is 29.3. The Morgan fingerprint density at radius 1 is 1.07 bits per heavy atom. The first kappa shape index (κ1) is 21.7. The average Bonchev–Trinajstić information content (AvgIpc) is 3.12. The number of thiazole rings is 1. The van der Waals surface area contributed by atoms with E-state index in [9.17, 15) is 18.0 Å². The van der Waals surface area contributed by atoms with Gasteiger partial charge in [0.05, 0.1) is 17.2 Å². The van der Waals surface area contributed by atoms with Gasteiger partial charge in [-0.2, -0.15) is 0 Å². The minimum Gasteiger partial charge on any atom is -0.462 e. The SMILES string of the molecule is CCOC(=O)c1sc(NC(=O)CS(=O)(=O)c2ccc(C)cc2)nc1-c1ccccc1. The second-order valence-corrected chi connectivity index (χ2v) is 9.39. The molecule has 3 aromatic rings. The van der Waals surface area contributed by atoms with Gasteiger partial charge in [-0.15, -0.1) is 0 Å². The van der Waals surface area contributed by atoms with Crippen LogP contribution in [-0.2, 0) is 19.4 Å². The lowest BCUT2D eigenvalue weighted by Crippen LogP contribution is -2.23. The van der Waals surface area contributed by atoms with E-state index in [1.807, 2.05) is 13.0 Å². The topological polar surface area (TPSA) is 102 Å². The van der Waals surface area contributed by atoms with Crippen LogP contribution in [-0.4, -0.2) is 37.6 Å². The van der Waals surface area contributed by atoms with Gasteiger partial charge in [-0.05, 0) is 26.0 Å². The molecule has 0 atom stereocenters. The molecule has 0 radical (unpaired) electrons. The average molecular weight is 445 g/mol. The van der Waals surface area contributed by atoms with E-state index < -0.39 is 27.5 Å². The van der Waals surface area contributed by atoms with Crippen LogP contribution in [0.3, 0.4) is 0 Å². The second kappa shape index (κ2) is 9.19. The predicted molar refractivity (Wildman–Crippen MR) is 115 cm³/mol. The lowest BCUT2D eigenvalue weighted by molar-refractivity contribution is -0.113. The maximum Gasteiger partial charge on any atom is 0.350 e. The van der Waals surface area contributed by atoms with Gasteiger partial charge in [-0.25, -0.2) is 18.2 Å². The number of carbonyl (C=O) groups excluding carboxylic acids is 2. The fourth-order valence-electron chi connectivity index (χ4n) is 2.66. The van der Waals surface area contributed by atoms with E-state index in [0.29, 0.717) is 11.3 Å². The van der Waals surface area contributed by atoms with E-state index in [2.05, 4.69) is 10.3 Å². The lowest BCUT2D eigenvalue weighted by atomic mass is 10.1. The van der Waals surface area contributed by atoms with E-state index in [1.54, 1.807) is 43.3 Å². The Balaban J connectivity index is 1.83. The molecular weight excluding hydrogens is 424 g/mol. The number of benzene rings is 2. The van der Waals surface area contributed by atoms with Crippen molar-refractivity contribution < 1.29 is 22.7 Å². The molecule has 0 aliphatic carbocycles. The van der Waals surface area contributed by atoms with Gasteiger partial charge < -0.3 is 10.1 Å². The van der Waals surface area contributed by atoms with Crippen molar-refractivity contribution in [2.75, 3.05) is 17.7 Å². The number of sulfone groups is 1. The number of ether oxygens (including phenoxy) is 1. The van der Waals surface area contributed by atoms with Crippen LogP contribution in [0.5, 0.6) is 0 Å². The smallest absolute Gasteiger partial charge is 0.350 e. The highest BCUT2D eigenvalue weighted by Crippen LogP contribution is 2.32. The highest BCUT2D eigenvalue weighted by molar-refractivity contribution is 7.92. The summed E-state index contributed by atoms with van der Waals surface area (Å²) in [7, 11) is -3.80. The highest BCUT2D eigenvalue weighted by atomic mass is 32.2. The van der Waals surface area contributed by atoms with Crippen molar-refractivity contribution in [1.82, 2.24) is 4.98 Å². The van der Waals surface area contributed by atoms with Crippen LogP contribution >= 0.6 is 11.3 Å². The summed E-state index contributed by atoms with van der Waals surface area (Å²) >= 11 is 0.942. The number of hydrogen-bond donors (Lipinski definition) is 1. The summed E-state index contributed by atoms with van der Waals surface area (Å²) in [5.74, 6) is -2.02. The molecule has 1 heterocycles. The minimum absolute atomic E-state index is 0.0691. The molecule has 30 heavy (non-hydrogen) atoms. The Hall–Kier alpha value is -3.04. The lowest BCUT2D eigenvalue weighted by Gasteiger charge is -2.05. The number of aryl methyl sites for hydroxylation is 1. The number of esters is 1. The minimum atomic E-state index is -3.80. The molecule has 0 saturated heterocycles. The Morgan fingerprint density at radius 2 is 1.73 bits per heavy atom. The molecule has 0 bridgehead atoms. The fourth-order valence-corrected chi connectivity index (χ4v) is 4.69. The van der Waals surface area contributed by atoms with Crippen molar-refractivity contribution >= 4 is 38.2 Å². The molecule has 0 aliphatic heterocycles. The van der Waals surface area contributed by atoms with Gasteiger partial charge in [0.15, 0.2) is 15.0 Å². The molecule has 1 amide bonds. The molecule has 0 unspecified atom stereocenters. The number of rotatable bonds is 7.